The van der Waals surface area contributed by atoms with Crippen LogP contribution in [0.3, 0.4) is 0 Å². The average Bonchev–Trinajstić information content (AvgIpc) is 3.16. The van der Waals surface area contributed by atoms with Crippen molar-refractivity contribution in [2.24, 2.45) is 5.92 Å². The number of carbonyl (C=O) groups excluding carboxylic acids is 1. The molecule has 3 rings (SSSR count). The van der Waals surface area contributed by atoms with Gasteiger partial charge in [-0.3, -0.25) is 4.79 Å². The van der Waals surface area contributed by atoms with Crippen LogP contribution in [0.2, 0.25) is 0 Å². The summed E-state index contributed by atoms with van der Waals surface area (Å²) in [6.07, 6.45) is -4.17. The van der Waals surface area contributed by atoms with E-state index in [1.54, 1.807) is 21.0 Å². The summed E-state index contributed by atoms with van der Waals surface area (Å²) in [5.74, 6) is -0.613. The Morgan fingerprint density at radius 1 is 1.16 bits per heavy atom. The molecule has 0 bridgehead atoms. The van der Waals surface area contributed by atoms with E-state index in [2.05, 4.69) is 20.4 Å². The Morgan fingerprint density at radius 2 is 1.81 bits per heavy atom. The highest BCUT2D eigenvalue weighted by molar-refractivity contribution is 5.76. The summed E-state index contributed by atoms with van der Waals surface area (Å²) < 4.78 is 45.1. The van der Waals surface area contributed by atoms with Gasteiger partial charge in [0.2, 0.25) is 5.91 Å². The summed E-state index contributed by atoms with van der Waals surface area (Å²) in [6, 6.07) is 7.34. The number of nitrogens with zero attached hydrogens (tertiary/aromatic N) is 4. The van der Waals surface area contributed by atoms with Crippen LogP contribution in [0.4, 0.5) is 13.2 Å². The van der Waals surface area contributed by atoms with E-state index in [4.69, 9.17) is 4.74 Å². The molecule has 0 aliphatic carbocycles. The molecule has 1 unspecified atom stereocenters. The molecule has 32 heavy (non-hydrogen) atoms. The molecule has 10 heteroatoms. The number of nitrogens with one attached hydrogen (secondary N) is 1. The number of methoxy groups -OCH3 is 1. The topological polar surface area (TPSA) is 81.4 Å². The number of aromatic nitrogens is 4. The summed E-state index contributed by atoms with van der Waals surface area (Å²) in [7, 11) is 1.59. The van der Waals surface area contributed by atoms with Crippen LogP contribution in [0.25, 0.3) is 5.78 Å². The van der Waals surface area contributed by atoms with Crippen molar-refractivity contribution in [3.8, 4) is 5.75 Å². The van der Waals surface area contributed by atoms with E-state index in [0.717, 1.165) is 15.8 Å². The standard InChI is InChI=1S/C22H26F3N5O2/c1-12(2)19(15-6-8-16(32-5)9-7-15)27-18(31)11-10-17-13(3)26-21-28-20(22(23,24)25)29-30(21)14(17)4/h6-9,12,19H,10-11H2,1-5H3,(H,27,31). The lowest BCUT2D eigenvalue weighted by Crippen LogP contribution is -2.32. The van der Waals surface area contributed by atoms with Crippen LogP contribution in [0.5, 0.6) is 5.75 Å². The second-order valence-electron chi connectivity index (χ2n) is 7.97. The number of hydrogen-bond acceptors (Lipinski definition) is 5. The molecular weight excluding hydrogens is 423 g/mol. The van der Waals surface area contributed by atoms with Gasteiger partial charge in [-0.05, 0) is 49.4 Å². The van der Waals surface area contributed by atoms with Crippen molar-refractivity contribution in [1.29, 1.82) is 0 Å². The number of fused-ring (bicyclic) bond motifs is 1. The zero-order valence-electron chi connectivity index (χ0n) is 18.6. The Labute approximate surface area is 184 Å². The lowest BCUT2D eigenvalue weighted by Gasteiger charge is -2.23. The minimum absolute atomic E-state index is 0.111. The van der Waals surface area contributed by atoms with Crippen molar-refractivity contribution in [3.63, 3.8) is 0 Å². The van der Waals surface area contributed by atoms with Crippen LogP contribution in [0.1, 0.15) is 54.6 Å². The summed E-state index contributed by atoms with van der Waals surface area (Å²) in [4.78, 5) is 20.3. The maximum absolute atomic E-state index is 13.0. The van der Waals surface area contributed by atoms with Gasteiger partial charge in [-0.1, -0.05) is 26.0 Å². The summed E-state index contributed by atoms with van der Waals surface area (Å²) in [5, 5.41) is 6.60. The quantitative estimate of drug-likeness (QED) is 0.584. The second kappa shape index (κ2) is 9.13. The molecule has 1 atom stereocenters. The van der Waals surface area contributed by atoms with Crippen LogP contribution in [-0.2, 0) is 17.4 Å². The molecule has 0 fully saturated rings. The third-order valence-corrected chi connectivity index (χ3v) is 5.36. The summed E-state index contributed by atoms with van der Waals surface area (Å²) >= 11 is 0. The first-order valence-corrected chi connectivity index (χ1v) is 10.2. The number of carbonyl (C=O) groups is 1. The molecule has 3 aromatic rings. The lowest BCUT2D eigenvalue weighted by molar-refractivity contribution is -0.144. The number of ether oxygens (including phenoxy) is 1. The monoisotopic (exact) mass is 449 g/mol. The molecule has 1 amide bonds. The normalized spacial score (nSPS) is 12.9. The first kappa shape index (κ1) is 23.5. The van der Waals surface area contributed by atoms with Crippen molar-refractivity contribution in [1.82, 2.24) is 24.9 Å². The van der Waals surface area contributed by atoms with Crippen molar-refractivity contribution in [2.45, 2.75) is 52.8 Å². The molecule has 0 radical (unpaired) electrons. The van der Waals surface area contributed by atoms with Gasteiger partial charge in [0, 0.05) is 17.8 Å². The molecule has 0 spiro atoms. The number of halogens is 3. The zero-order valence-corrected chi connectivity index (χ0v) is 18.6. The van der Waals surface area contributed by atoms with Crippen molar-refractivity contribution in [2.75, 3.05) is 7.11 Å². The largest absolute Gasteiger partial charge is 0.497 e. The highest BCUT2D eigenvalue weighted by Gasteiger charge is 2.37. The fraction of sp³-hybridized carbons (Fsp3) is 0.455. The highest BCUT2D eigenvalue weighted by Crippen LogP contribution is 2.27. The minimum atomic E-state index is -4.65. The molecular formula is C22H26F3N5O2. The maximum Gasteiger partial charge on any atom is 0.453 e. The van der Waals surface area contributed by atoms with Gasteiger partial charge >= 0.3 is 6.18 Å². The van der Waals surface area contributed by atoms with E-state index in [0.29, 0.717) is 23.4 Å². The number of benzene rings is 1. The number of alkyl halides is 3. The van der Waals surface area contributed by atoms with Gasteiger partial charge in [0.05, 0.1) is 13.2 Å². The molecule has 2 heterocycles. The van der Waals surface area contributed by atoms with E-state index in [9.17, 15) is 18.0 Å². The van der Waals surface area contributed by atoms with Crippen LogP contribution in [-0.4, -0.2) is 32.6 Å². The predicted octanol–water partition coefficient (Wildman–Crippen LogP) is 4.21. The number of amides is 1. The van der Waals surface area contributed by atoms with E-state index in [1.165, 1.54) is 0 Å². The highest BCUT2D eigenvalue weighted by atomic mass is 19.4. The molecule has 1 N–H and O–H groups in total. The minimum Gasteiger partial charge on any atom is -0.497 e. The first-order chi connectivity index (χ1) is 15.0. The van der Waals surface area contributed by atoms with E-state index in [1.807, 2.05) is 38.1 Å². The molecule has 1 aromatic carbocycles. The summed E-state index contributed by atoms with van der Waals surface area (Å²) in [6.45, 7) is 7.38. The van der Waals surface area contributed by atoms with Crippen LogP contribution < -0.4 is 10.1 Å². The molecule has 0 aliphatic rings. The number of hydrogen-bond donors (Lipinski definition) is 1. The Morgan fingerprint density at radius 3 is 2.38 bits per heavy atom. The predicted molar refractivity (Wildman–Crippen MR) is 112 cm³/mol. The van der Waals surface area contributed by atoms with Gasteiger partial charge in [0.25, 0.3) is 11.6 Å². The smallest absolute Gasteiger partial charge is 0.453 e. The fourth-order valence-corrected chi connectivity index (χ4v) is 3.62. The second-order valence-corrected chi connectivity index (χ2v) is 7.97. The van der Waals surface area contributed by atoms with E-state index in [-0.39, 0.29) is 30.1 Å². The number of aryl methyl sites for hydroxylation is 2. The van der Waals surface area contributed by atoms with Crippen LogP contribution >= 0.6 is 0 Å². The van der Waals surface area contributed by atoms with Crippen molar-refractivity contribution >= 4 is 11.7 Å². The van der Waals surface area contributed by atoms with Crippen LogP contribution in [0.15, 0.2) is 24.3 Å². The maximum atomic E-state index is 13.0. The van der Waals surface area contributed by atoms with Gasteiger partial charge in [-0.25, -0.2) is 9.50 Å². The average molecular weight is 449 g/mol. The molecule has 0 aliphatic heterocycles. The fourth-order valence-electron chi connectivity index (χ4n) is 3.62. The Kier molecular flexibility index (Phi) is 6.71. The van der Waals surface area contributed by atoms with Gasteiger partial charge in [0.1, 0.15) is 5.75 Å². The third-order valence-electron chi connectivity index (χ3n) is 5.36. The van der Waals surface area contributed by atoms with E-state index >= 15 is 0 Å². The molecule has 0 saturated carbocycles. The van der Waals surface area contributed by atoms with Gasteiger partial charge in [-0.2, -0.15) is 18.2 Å². The van der Waals surface area contributed by atoms with Gasteiger partial charge in [-0.15, -0.1) is 5.10 Å². The first-order valence-electron chi connectivity index (χ1n) is 10.2. The van der Waals surface area contributed by atoms with Crippen molar-refractivity contribution in [3.05, 3.63) is 52.6 Å². The zero-order chi connectivity index (χ0) is 23.6. The molecule has 0 saturated heterocycles. The Bertz CT molecular complexity index is 1110. The Balaban J connectivity index is 1.75. The Hall–Kier alpha value is -3.17. The molecule has 172 valence electrons. The molecule has 2 aromatic heterocycles. The van der Waals surface area contributed by atoms with E-state index < -0.39 is 12.0 Å². The number of rotatable bonds is 7. The van der Waals surface area contributed by atoms with Crippen LogP contribution in [0, 0.1) is 19.8 Å². The van der Waals surface area contributed by atoms with Gasteiger partial charge < -0.3 is 10.1 Å². The molecule has 7 nitrogen and oxygen atoms in total. The van der Waals surface area contributed by atoms with Gasteiger partial charge in [0.15, 0.2) is 0 Å². The summed E-state index contributed by atoms with van der Waals surface area (Å²) in [5.41, 5.74) is 2.65. The van der Waals surface area contributed by atoms with Crippen molar-refractivity contribution < 1.29 is 22.7 Å². The lowest BCUT2D eigenvalue weighted by atomic mass is 9.95. The SMILES string of the molecule is COc1ccc(C(NC(=O)CCc2c(C)nc3nc(C(F)(F)F)nn3c2C)C(C)C)cc1. The third kappa shape index (κ3) is 5.00.